The number of carbonyl (C=O) groups excluding carboxylic acids is 2. The Hall–Kier alpha value is -3.19. The maximum atomic E-state index is 13.3. The maximum Gasteiger partial charge on any atom is 0.323 e. The summed E-state index contributed by atoms with van der Waals surface area (Å²) in [5, 5.41) is 12.5. The van der Waals surface area contributed by atoms with Crippen LogP contribution < -0.4 is 10.2 Å². The first-order valence-electron chi connectivity index (χ1n) is 10.6. The summed E-state index contributed by atoms with van der Waals surface area (Å²) in [6, 6.07) is 15.8. The molecule has 2 aromatic rings. The second kappa shape index (κ2) is 10.7. The van der Waals surface area contributed by atoms with Gasteiger partial charge < -0.3 is 9.84 Å². The second-order valence-corrected chi connectivity index (χ2v) is 7.53. The normalized spacial score (nSPS) is 16.9. The molecule has 0 radical (unpaired) electrons. The van der Waals surface area contributed by atoms with Crippen molar-refractivity contribution in [3.63, 3.8) is 0 Å². The fraction of sp³-hybridized carbons (Fsp3) is 0.375. The van der Waals surface area contributed by atoms with Crippen LogP contribution in [0.5, 0.6) is 0 Å². The Morgan fingerprint density at radius 2 is 1.87 bits per heavy atom. The highest BCUT2D eigenvalue weighted by molar-refractivity contribution is 6.02. The number of nitrogens with one attached hydrogen (secondary N) is 1. The van der Waals surface area contributed by atoms with Crippen LogP contribution in [0, 0.1) is 0 Å². The number of hydrogen-bond donors (Lipinski definition) is 2. The van der Waals surface area contributed by atoms with Crippen LogP contribution >= 0.6 is 0 Å². The van der Waals surface area contributed by atoms with Crippen molar-refractivity contribution in [3.05, 3.63) is 65.7 Å². The van der Waals surface area contributed by atoms with Gasteiger partial charge in [0, 0.05) is 5.69 Å². The van der Waals surface area contributed by atoms with Gasteiger partial charge in [-0.1, -0.05) is 48.5 Å². The third kappa shape index (κ3) is 5.92. The molecule has 3 rings (SSSR count). The van der Waals surface area contributed by atoms with Crippen LogP contribution in [0.25, 0.3) is 0 Å². The van der Waals surface area contributed by atoms with E-state index in [4.69, 9.17) is 4.74 Å². The van der Waals surface area contributed by atoms with E-state index in [0.717, 1.165) is 11.1 Å². The minimum Gasteiger partial charge on any atom is -0.480 e. The van der Waals surface area contributed by atoms with Crippen LogP contribution in [-0.2, 0) is 32.0 Å². The van der Waals surface area contributed by atoms with Gasteiger partial charge in [-0.05, 0) is 49.8 Å². The Labute approximate surface area is 182 Å². The molecule has 0 spiro atoms. The van der Waals surface area contributed by atoms with Crippen LogP contribution in [0.4, 0.5) is 5.69 Å². The Morgan fingerprint density at radius 1 is 1.16 bits per heavy atom. The molecular formula is C24H28N2O5. The number of esters is 1. The quantitative estimate of drug-likeness (QED) is 0.601. The van der Waals surface area contributed by atoms with Gasteiger partial charge in [0.05, 0.1) is 12.6 Å². The molecule has 0 aromatic heterocycles. The van der Waals surface area contributed by atoms with Gasteiger partial charge in [-0.3, -0.25) is 24.6 Å². The van der Waals surface area contributed by atoms with Crippen LogP contribution in [0.15, 0.2) is 54.6 Å². The molecule has 2 atom stereocenters. The van der Waals surface area contributed by atoms with E-state index >= 15 is 0 Å². The predicted octanol–water partition coefficient (Wildman–Crippen LogP) is 2.57. The summed E-state index contributed by atoms with van der Waals surface area (Å²) >= 11 is 0. The number of carboxylic acid groups (broad SMARTS) is 1. The number of hydrogen-bond acceptors (Lipinski definition) is 5. The summed E-state index contributed by atoms with van der Waals surface area (Å²) in [5.41, 5.74) is 2.61. The standard InChI is InChI=1S/C24H28N2O5/c1-2-31-24(30)20(14-12-17-8-4-3-5-9-17)25-19-15-13-18-10-6-7-11-21(18)26(23(19)29)16-22(27)28/h3-11,19-20,25H,2,12-16H2,1H3,(H,27,28)/t19?,20-/m0/s1. The molecule has 1 amide bonds. The number of carbonyl (C=O) groups is 3. The largest absolute Gasteiger partial charge is 0.480 e. The van der Waals surface area contributed by atoms with Crippen LogP contribution in [0.1, 0.15) is 30.9 Å². The summed E-state index contributed by atoms with van der Waals surface area (Å²) in [4.78, 5) is 38.6. The first-order valence-corrected chi connectivity index (χ1v) is 10.6. The number of carboxylic acids is 1. The molecule has 7 heteroatoms. The molecule has 1 heterocycles. The predicted molar refractivity (Wildman–Crippen MR) is 117 cm³/mol. The fourth-order valence-electron chi connectivity index (χ4n) is 3.88. The van der Waals surface area contributed by atoms with Gasteiger partial charge in [-0.25, -0.2) is 0 Å². The molecule has 164 valence electrons. The Bertz CT molecular complexity index is 915. The van der Waals surface area contributed by atoms with Crippen molar-refractivity contribution in [3.8, 4) is 0 Å². The lowest BCUT2D eigenvalue weighted by atomic mass is 10.0. The number of anilines is 1. The van der Waals surface area contributed by atoms with Crippen molar-refractivity contribution in [2.24, 2.45) is 0 Å². The third-order valence-corrected chi connectivity index (χ3v) is 5.38. The third-order valence-electron chi connectivity index (χ3n) is 5.38. The fourth-order valence-corrected chi connectivity index (χ4v) is 3.88. The number of benzene rings is 2. The number of amides is 1. The Kier molecular flexibility index (Phi) is 7.78. The number of rotatable bonds is 9. The van der Waals surface area contributed by atoms with E-state index in [1.54, 1.807) is 19.1 Å². The molecule has 0 bridgehead atoms. The molecule has 7 nitrogen and oxygen atoms in total. The zero-order valence-corrected chi connectivity index (χ0v) is 17.6. The van der Waals surface area contributed by atoms with Gasteiger partial charge in [0.2, 0.25) is 5.91 Å². The highest BCUT2D eigenvalue weighted by Gasteiger charge is 2.34. The molecule has 31 heavy (non-hydrogen) atoms. The SMILES string of the molecule is CCOC(=O)[C@H](CCc1ccccc1)NC1CCc2ccccc2N(CC(=O)O)C1=O. The Morgan fingerprint density at radius 3 is 2.58 bits per heavy atom. The molecule has 0 saturated carbocycles. The molecule has 1 unspecified atom stereocenters. The number of aliphatic carboxylic acids is 1. The van der Waals surface area contributed by atoms with E-state index in [1.165, 1.54) is 4.90 Å². The number of nitrogens with zero attached hydrogens (tertiary/aromatic N) is 1. The summed E-state index contributed by atoms with van der Waals surface area (Å²) in [6.45, 7) is 1.56. The highest BCUT2D eigenvalue weighted by atomic mass is 16.5. The van der Waals surface area contributed by atoms with Crippen LogP contribution in [0.2, 0.25) is 0 Å². The molecule has 1 aliphatic heterocycles. The van der Waals surface area contributed by atoms with Gasteiger partial charge in [-0.2, -0.15) is 0 Å². The lowest BCUT2D eigenvalue weighted by Crippen LogP contribution is -2.53. The van der Waals surface area contributed by atoms with Gasteiger partial charge in [0.25, 0.3) is 0 Å². The first-order chi connectivity index (χ1) is 15.0. The van der Waals surface area contributed by atoms with Crippen molar-refractivity contribution in [1.82, 2.24) is 5.32 Å². The zero-order valence-electron chi connectivity index (χ0n) is 17.6. The number of aryl methyl sites for hydroxylation is 2. The summed E-state index contributed by atoms with van der Waals surface area (Å²) < 4.78 is 5.23. The summed E-state index contributed by atoms with van der Waals surface area (Å²) in [6.07, 6.45) is 2.19. The maximum absolute atomic E-state index is 13.3. The first kappa shape index (κ1) is 22.5. The average molecular weight is 424 g/mol. The van der Waals surface area contributed by atoms with Crippen molar-refractivity contribution in [1.29, 1.82) is 0 Å². The molecule has 0 fully saturated rings. The van der Waals surface area contributed by atoms with E-state index in [0.29, 0.717) is 31.4 Å². The Balaban J connectivity index is 1.79. The van der Waals surface area contributed by atoms with Gasteiger partial charge >= 0.3 is 11.9 Å². The van der Waals surface area contributed by atoms with E-state index in [9.17, 15) is 19.5 Å². The highest BCUT2D eigenvalue weighted by Crippen LogP contribution is 2.27. The van der Waals surface area contributed by atoms with Crippen LogP contribution in [-0.4, -0.2) is 48.2 Å². The van der Waals surface area contributed by atoms with Crippen molar-refractivity contribution in [2.75, 3.05) is 18.1 Å². The number of fused-ring (bicyclic) bond motifs is 1. The zero-order chi connectivity index (χ0) is 22.2. The average Bonchev–Trinajstić information content (AvgIpc) is 2.89. The van der Waals surface area contributed by atoms with Crippen molar-refractivity contribution in [2.45, 2.75) is 44.7 Å². The lowest BCUT2D eigenvalue weighted by Gasteiger charge is -2.27. The molecule has 2 N–H and O–H groups in total. The smallest absolute Gasteiger partial charge is 0.323 e. The van der Waals surface area contributed by atoms with Gasteiger partial charge in [0.1, 0.15) is 12.6 Å². The minimum absolute atomic E-state index is 0.248. The molecule has 0 aliphatic carbocycles. The van der Waals surface area contributed by atoms with Gasteiger partial charge in [0.15, 0.2) is 0 Å². The lowest BCUT2D eigenvalue weighted by molar-refractivity contribution is -0.146. The summed E-state index contributed by atoms with van der Waals surface area (Å²) in [7, 11) is 0. The second-order valence-electron chi connectivity index (χ2n) is 7.53. The van der Waals surface area contributed by atoms with E-state index in [-0.39, 0.29) is 12.5 Å². The van der Waals surface area contributed by atoms with E-state index in [1.807, 2.05) is 42.5 Å². The van der Waals surface area contributed by atoms with Crippen LogP contribution in [0.3, 0.4) is 0 Å². The minimum atomic E-state index is -1.09. The van der Waals surface area contributed by atoms with Crippen molar-refractivity contribution >= 4 is 23.5 Å². The number of ether oxygens (including phenoxy) is 1. The van der Waals surface area contributed by atoms with Crippen molar-refractivity contribution < 1.29 is 24.2 Å². The topological polar surface area (TPSA) is 95.9 Å². The van der Waals surface area contributed by atoms with E-state index < -0.39 is 30.6 Å². The molecular weight excluding hydrogens is 396 g/mol. The number of para-hydroxylation sites is 1. The van der Waals surface area contributed by atoms with E-state index in [2.05, 4.69) is 5.32 Å². The monoisotopic (exact) mass is 424 g/mol. The summed E-state index contributed by atoms with van der Waals surface area (Å²) in [5.74, 6) is -1.84. The molecule has 0 saturated heterocycles. The van der Waals surface area contributed by atoms with Gasteiger partial charge in [-0.15, -0.1) is 0 Å². The molecule has 2 aromatic carbocycles. The molecule has 1 aliphatic rings.